The Hall–Kier alpha value is -2.95. The highest BCUT2D eigenvalue weighted by atomic mass is 19.1. The molecule has 4 nitrogen and oxygen atoms in total. The van der Waals surface area contributed by atoms with Crippen molar-refractivity contribution in [3.8, 4) is 11.1 Å². The zero-order chi connectivity index (χ0) is 16.4. The number of Topliss-reactive ketones (excluding diaryl/α,β-unsaturated/α-hetero) is 1. The Bertz CT molecular complexity index is 882. The first-order chi connectivity index (χ1) is 11.1. The van der Waals surface area contributed by atoms with Crippen LogP contribution in [0.2, 0.25) is 0 Å². The molecular weight excluding hydrogens is 295 g/mol. The molecule has 0 aliphatic carbocycles. The number of nitrogens with one attached hydrogen (secondary N) is 1. The lowest BCUT2D eigenvalue weighted by Gasteiger charge is -2.06. The number of likely N-dealkylation sites (N-methyl/N-ethyl adjacent to an activating group) is 1. The summed E-state index contributed by atoms with van der Waals surface area (Å²) in [6.45, 7) is 2.13. The molecule has 0 radical (unpaired) electrons. The summed E-state index contributed by atoms with van der Waals surface area (Å²) >= 11 is 0. The van der Waals surface area contributed by atoms with Crippen molar-refractivity contribution in [3.63, 3.8) is 0 Å². The summed E-state index contributed by atoms with van der Waals surface area (Å²) in [4.78, 5) is 24.6. The highest BCUT2D eigenvalue weighted by molar-refractivity contribution is 6.43. The van der Waals surface area contributed by atoms with Gasteiger partial charge in [0.15, 0.2) is 0 Å². The number of nitrogens with zero attached hydrogens (tertiary/aromatic N) is 1. The first kappa shape index (κ1) is 15.0. The maximum absolute atomic E-state index is 13.2. The van der Waals surface area contributed by atoms with Gasteiger partial charge in [-0.25, -0.2) is 4.39 Å². The summed E-state index contributed by atoms with van der Waals surface area (Å²) in [6.07, 6.45) is 1.73. The SMILES string of the molecule is CCNC(=O)C(=O)c1c(-c2ccc(F)cc2)cc2ccccn12. The van der Waals surface area contributed by atoms with Crippen LogP contribution in [0.3, 0.4) is 0 Å². The lowest BCUT2D eigenvalue weighted by molar-refractivity contribution is -0.116. The van der Waals surface area contributed by atoms with Gasteiger partial charge in [0.2, 0.25) is 0 Å². The number of halogens is 1. The molecule has 3 rings (SSSR count). The molecule has 1 aromatic carbocycles. The molecule has 0 spiro atoms. The molecule has 116 valence electrons. The first-order valence-electron chi connectivity index (χ1n) is 7.30. The van der Waals surface area contributed by atoms with Crippen LogP contribution in [0.25, 0.3) is 16.6 Å². The molecule has 0 atom stereocenters. The number of pyridine rings is 1. The molecule has 0 aliphatic rings. The first-order valence-corrected chi connectivity index (χ1v) is 7.30. The van der Waals surface area contributed by atoms with E-state index in [1.165, 1.54) is 12.1 Å². The van der Waals surface area contributed by atoms with Gasteiger partial charge in [-0.15, -0.1) is 0 Å². The molecular formula is C18H15FN2O2. The number of hydrogen-bond donors (Lipinski definition) is 1. The molecule has 0 aliphatic heterocycles. The molecule has 5 heteroatoms. The van der Waals surface area contributed by atoms with Gasteiger partial charge in [0, 0.05) is 23.8 Å². The van der Waals surface area contributed by atoms with Crippen molar-refractivity contribution in [3.05, 3.63) is 66.2 Å². The van der Waals surface area contributed by atoms with Gasteiger partial charge in [-0.1, -0.05) is 18.2 Å². The predicted octanol–water partition coefficient (Wildman–Crippen LogP) is 3.06. The highest BCUT2D eigenvalue weighted by Crippen LogP contribution is 2.28. The van der Waals surface area contributed by atoms with Crippen molar-refractivity contribution < 1.29 is 14.0 Å². The van der Waals surface area contributed by atoms with Gasteiger partial charge in [0.25, 0.3) is 11.7 Å². The van der Waals surface area contributed by atoms with Gasteiger partial charge in [-0.2, -0.15) is 0 Å². The molecule has 0 unspecified atom stereocenters. The standard InChI is InChI=1S/C18H15FN2O2/c1-2-20-18(23)17(22)16-15(12-6-8-13(19)9-7-12)11-14-5-3-4-10-21(14)16/h3-11H,2H2,1H3,(H,20,23). The Morgan fingerprint density at radius 3 is 2.57 bits per heavy atom. The zero-order valence-corrected chi connectivity index (χ0v) is 12.5. The number of hydrogen-bond acceptors (Lipinski definition) is 2. The third-order valence-electron chi connectivity index (χ3n) is 3.59. The minimum absolute atomic E-state index is 0.276. The quantitative estimate of drug-likeness (QED) is 0.595. The maximum Gasteiger partial charge on any atom is 0.294 e. The minimum atomic E-state index is -0.653. The Labute approximate surface area is 132 Å². The van der Waals surface area contributed by atoms with Crippen LogP contribution in [0.1, 0.15) is 17.4 Å². The van der Waals surface area contributed by atoms with Crippen molar-refractivity contribution in [1.29, 1.82) is 0 Å². The second-order valence-corrected chi connectivity index (χ2v) is 5.10. The minimum Gasteiger partial charge on any atom is -0.349 e. The fraction of sp³-hybridized carbons (Fsp3) is 0.111. The third-order valence-corrected chi connectivity index (χ3v) is 3.59. The molecule has 0 bridgehead atoms. The Balaban J connectivity index is 2.21. The smallest absolute Gasteiger partial charge is 0.294 e. The van der Waals surface area contributed by atoms with Gasteiger partial charge in [-0.3, -0.25) is 9.59 Å². The number of benzene rings is 1. The van der Waals surface area contributed by atoms with Crippen molar-refractivity contribution in [2.45, 2.75) is 6.92 Å². The fourth-order valence-corrected chi connectivity index (χ4v) is 2.55. The van der Waals surface area contributed by atoms with Gasteiger partial charge in [-0.05, 0) is 42.8 Å². The maximum atomic E-state index is 13.2. The van der Waals surface area contributed by atoms with Crippen LogP contribution in [0.5, 0.6) is 0 Å². The van der Waals surface area contributed by atoms with Crippen molar-refractivity contribution in [2.24, 2.45) is 0 Å². The fourth-order valence-electron chi connectivity index (χ4n) is 2.55. The monoisotopic (exact) mass is 310 g/mol. The van der Waals surface area contributed by atoms with E-state index in [4.69, 9.17) is 0 Å². The van der Waals surface area contributed by atoms with E-state index in [9.17, 15) is 14.0 Å². The van der Waals surface area contributed by atoms with E-state index in [0.29, 0.717) is 17.7 Å². The number of rotatable bonds is 4. The van der Waals surface area contributed by atoms with Crippen LogP contribution in [-0.4, -0.2) is 22.6 Å². The normalized spacial score (nSPS) is 10.7. The van der Waals surface area contributed by atoms with E-state index < -0.39 is 11.7 Å². The lowest BCUT2D eigenvalue weighted by Crippen LogP contribution is -2.31. The summed E-state index contributed by atoms with van der Waals surface area (Å²) in [5.74, 6) is -1.62. The van der Waals surface area contributed by atoms with Crippen LogP contribution in [0.15, 0.2) is 54.7 Å². The van der Waals surface area contributed by atoms with Crippen LogP contribution in [0, 0.1) is 5.82 Å². The molecule has 0 saturated carbocycles. The number of carbonyl (C=O) groups is 2. The summed E-state index contributed by atoms with van der Waals surface area (Å²) in [5.41, 5.74) is 2.35. The van der Waals surface area contributed by atoms with E-state index in [1.807, 2.05) is 18.2 Å². The molecule has 0 saturated heterocycles. The Kier molecular flexibility index (Phi) is 3.93. The number of aromatic nitrogens is 1. The Morgan fingerprint density at radius 2 is 1.87 bits per heavy atom. The zero-order valence-electron chi connectivity index (χ0n) is 12.5. The van der Waals surface area contributed by atoms with E-state index in [-0.39, 0.29) is 11.5 Å². The lowest BCUT2D eigenvalue weighted by atomic mass is 10.0. The van der Waals surface area contributed by atoms with E-state index in [0.717, 1.165) is 5.52 Å². The van der Waals surface area contributed by atoms with Crippen LogP contribution >= 0.6 is 0 Å². The molecule has 3 aromatic rings. The van der Waals surface area contributed by atoms with Crippen molar-refractivity contribution >= 4 is 17.2 Å². The van der Waals surface area contributed by atoms with E-state index in [1.54, 1.807) is 35.7 Å². The van der Waals surface area contributed by atoms with E-state index >= 15 is 0 Å². The number of fused-ring (bicyclic) bond motifs is 1. The molecule has 0 fully saturated rings. The topological polar surface area (TPSA) is 50.6 Å². The summed E-state index contributed by atoms with van der Waals surface area (Å²) in [7, 11) is 0. The largest absolute Gasteiger partial charge is 0.349 e. The second kappa shape index (κ2) is 6.04. The second-order valence-electron chi connectivity index (χ2n) is 5.10. The molecule has 1 N–H and O–H groups in total. The van der Waals surface area contributed by atoms with Gasteiger partial charge in [0.1, 0.15) is 11.5 Å². The van der Waals surface area contributed by atoms with E-state index in [2.05, 4.69) is 5.32 Å². The predicted molar refractivity (Wildman–Crippen MR) is 85.8 cm³/mol. The average Bonchev–Trinajstić information content (AvgIpc) is 2.94. The molecule has 23 heavy (non-hydrogen) atoms. The van der Waals surface area contributed by atoms with Crippen LogP contribution < -0.4 is 5.32 Å². The number of ketones is 1. The van der Waals surface area contributed by atoms with Crippen LogP contribution in [-0.2, 0) is 4.79 Å². The molecule has 2 heterocycles. The molecule has 2 aromatic heterocycles. The van der Waals surface area contributed by atoms with Gasteiger partial charge >= 0.3 is 0 Å². The number of amides is 1. The number of carbonyl (C=O) groups excluding carboxylic acids is 2. The highest BCUT2D eigenvalue weighted by Gasteiger charge is 2.24. The summed E-state index contributed by atoms with van der Waals surface area (Å²) in [5, 5.41) is 2.52. The van der Waals surface area contributed by atoms with Crippen LogP contribution in [0.4, 0.5) is 4.39 Å². The summed E-state index contributed by atoms with van der Waals surface area (Å²) in [6, 6.07) is 13.2. The van der Waals surface area contributed by atoms with Crippen molar-refractivity contribution in [2.75, 3.05) is 6.54 Å². The van der Waals surface area contributed by atoms with Gasteiger partial charge < -0.3 is 9.72 Å². The van der Waals surface area contributed by atoms with Gasteiger partial charge in [0.05, 0.1) is 0 Å². The summed E-state index contributed by atoms with van der Waals surface area (Å²) < 4.78 is 14.8. The average molecular weight is 310 g/mol. The molecule has 1 amide bonds. The third kappa shape index (κ3) is 2.73. The van der Waals surface area contributed by atoms with Crippen molar-refractivity contribution in [1.82, 2.24) is 9.72 Å². The Morgan fingerprint density at radius 1 is 1.13 bits per heavy atom.